The summed E-state index contributed by atoms with van der Waals surface area (Å²) in [7, 11) is 0. The molecular weight excluding hydrogens is 292 g/mol. The minimum absolute atomic E-state index is 0.00925. The van der Waals surface area contributed by atoms with Crippen molar-refractivity contribution >= 4 is 5.91 Å². The van der Waals surface area contributed by atoms with Crippen LogP contribution in [0.1, 0.15) is 57.5 Å². The van der Waals surface area contributed by atoms with Crippen molar-refractivity contribution in [1.29, 1.82) is 0 Å². The Kier molecular flexibility index (Phi) is 3.39. The van der Waals surface area contributed by atoms with Gasteiger partial charge < -0.3 is 9.42 Å². The van der Waals surface area contributed by atoms with E-state index in [1.165, 1.54) is 24.1 Å². The van der Waals surface area contributed by atoms with Crippen molar-refractivity contribution in [2.24, 2.45) is 0 Å². The molecule has 2 aromatic rings. The quantitative estimate of drug-likeness (QED) is 0.850. The monoisotopic (exact) mass is 312 g/mol. The van der Waals surface area contributed by atoms with Crippen LogP contribution >= 0.6 is 0 Å². The second kappa shape index (κ2) is 5.44. The SMILES string of the molecule is Cc1noc(C)c1C(=O)N1CCc2ncnc(C3CC3)c2CC1. The summed E-state index contributed by atoms with van der Waals surface area (Å²) < 4.78 is 5.14. The third-order valence-corrected chi connectivity index (χ3v) is 4.82. The third kappa shape index (κ3) is 2.52. The van der Waals surface area contributed by atoms with Crippen molar-refractivity contribution in [2.45, 2.75) is 45.4 Å². The first-order valence-electron chi connectivity index (χ1n) is 8.20. The van der Waals surface area contributed by atoms with Gasteiger partial charge in [0, 0.05) is 31.1 Å². The van der Waals surface area contributed by atoms with E-state index in [4.69, 9.17) is 4.52 Å². The molecule has 0 N–H and O–H groups in total. The fourth-order valence-corrected chi connectivity index (χ4v) is 3.41. The molecule has 0 bridgehead atoms. The molecule has 1 saturated carbocycles. The van der Waals surface area contributed by atoms with Crippen molar-refractivity contribution in [1.82, 2.24) is 20.0 Å². The smallest absolute Gasteiger partial charge is 0.259 e. The highest BCUT2D eigenvalue weighted by Crippen LogP contribution is 2.41. The lowest BCUT2D eigenvalue weighted by Gasteiger charge is -2.19. The molecule has 1 aliphatic carbocycles. The normalized spacial score (nSPS) is 17.7. The first-order chi connectivity index (χ1) is 11.1. The van der Waals surface area contributed by atoms with E-state index in [-0.39, 0.29) is 5.91 Å². The minimum Gasteiger partial charge on any atom is -0.361 e. The molecule has 2 aliphatic rings. The average Bonchev–Trinajstić information content (AvgIpc) is 3.35. The Morgan fingerprint density at radius 1 is 1.22 bits per heavy atom. The number of rotatable bonds is 2. The molecule has 0 spiro atoms. The van der Waals surface area contributed by atoms with Crippen molar-refractivity contribution in [3.05, 3.63) is 40.3 Å². The van der Waals surface area contributed by atoms with Gasteiger partial charge >= 0.3 is 0 Å². The van der Waals surface area contributed by atoms with Gasteiger partial charge in [0.1, 0.15) is 17.7 Å². The molecule has 6 heteroatoms. The summed E-state index contributed by atoms with van der Waals surface area (Å²) >= 11 is 0. The lowest BCUT2D eigenvalue weighted by atomic mass is 10.0. The minimum atomic E-state index is 0.00925. The van der Waals surface area contributed by atoms with Crippen molar-refractivity contribution in [2.75, 3.05) is 13.1 Å². The summed E-state index contributed by atoms with van der Waals surface area (Å²) in [5.74, 6) is 1.21. The third-order valence-electron chi connectivity index (χ3n) is 4.82. The zero-order valence-corrected chi connectivity index (χ0v) is 13.5. The highest BCUT2D eigenvalue weighted by molar-refractivity contribution is 5.96. The molecule has 6 nitrogen and oxygen atoms in total. The molecular formula is C17H20N4O2. The average molecular weight is 312 g/mol. The molecule has 2 aromatic heterocycles. The predicted molar refractivity (Wildman–Crippen MR) is 83.3 cm³/mol. The van der Waals surface area contributed by atoms with Crippen LogP contribution in [0, 0.1) is 13.8 Å². The van der Waals surface area contributed by atoms with Crippen LogP contribution < -0.4 is 0 Å². The van der Waals surface area contributed by atoms with Gasteiger partial charge in [0.15, 0.2) is 0 Å². The number of nitrogens with zero attached hydrogens (tertiary/aromatic N) is 4. The summed E-state index contributed by atoms with van der Waals surface area (Å²) in [5.41, 5.74) is 4.85. The van der Waals surface area contributed by atoms with E-state index in [9.17, 15) is 4.79 Å². The van der Waals surface area contributed by atoms with E-state index in [0.29, 0.717) is 36.0 Å². The molecule has 23 heavy (non-hydrogen) atoms. The predicted octanol–water partition coefficient (Wildman–Crippen LogP) is 2.20. The number of carbonyl (C=O) groups excluding carboxylic acids is 1. The highest BCUT2D eigenvalue weighted by atomic mass is 16.5. The van der Waals surface area contributed by atoms with Gasteiger partial charge in [-0.2, -0.15) is 0 Å². The van der Waals surface area contributed by atoms with Crippen LogP contribution in [0.15, 0.2) is 10.9 Å². The van der Waals surface area contributed by atoms with Crippen LogP contribution in [0.3, 0.4) is 0 Å². The number of fused-ring (bicyclic) bond motifs is 1. The molecule has 1 fully saturated rings. The fourth-order valence-electron chi connectivity index (χ4n) is 3.41. The molecule has 1 aliphatic heterocycles. The van der Waals surface area contributed by atoms with E-state index >= 15 is 0 Å². The summed E-state index contributed by atoms with van der Waals surface area (Å²) in [4.78, 5) is 23.7. The van der Waals surface area contributed by atoms with Gasteiger partial charge in [0.2, 0.25) is 0 Å². The Morgan fingerprint density at radius 3 is 2.70 bits per heavy atom. The number of aryl methyl sites for hydroxylation is 2. The van der Waals surface area contributed by atoms with E-state index in [1.54, 1.807) is 13.3 Å². The Balaban J connectivity index is 1.59. The van der Waals surface area contributed by atoms with Crippen LogP contribution in [-0.4, -0.2) is 39.0 Å². The maximum absolute atomic E-state index is 12.8. The van der Waals surface area contributed by atoms with E-state index in [2.05, 4.69) is 15.1 Å². The van der Waals surface area contributed by atoms with Gasteiger partial charge in [-0.25, -0.2) is 9.97 Å². The van der Waals surface area contributed by atoms with Crippen LogP contribution in [0.25, 0.3) is 0 Å². The largest absolute Gasteiger partial charge is 0.361 e. The highest BCUT2D eigenvalue weighted by Gasteiger charge is 2.31. The molecule has 0 saturated heterocycles. The number of hydrogen-bond acceptors (Lipinski definition) is 5. The fraction of sp³-hybridized carbons (Fsp3) is 0.529. The molecule has 3 heterocycles. The van der Waals surface area contributed by atoms with Crippen LogP contribution in [0.5, 0.6) is 0 Å². The van der Waals surface area contributed by atoms with Crippen LogP contribution in [-0.2, 0) is 12.8 Å². The van der Waals surface area contributed by atoms with E-state index < -0.39 is 0 Å². The van der Waals surface area contributed by atoms with Crippen LogP contribution in [0.2, 0.25) is 0 Å². The molecule has 0 aromatic carbocycles. The number of hydrogen-bond donors (Lipinski definition) is 0. The van der Waals surface area contributed by atoms with E-state index in [0.717, 1.165) is 18.5 Å². The van der Waals surface area contributed by atoms with Gasteiger partial charge in [0.05, 0.1) is 11.4 Å². The van der Waals surface area contributed by atoms with Gasteiger partial charge in [-0.3, -0.25) is 4.79 Å². The molecule has 0 radical (unpaired) electrons. The topological polar surface area (TPSA) is 72.1 Å². The standard InChI is InChI=1S/C17H20N4O2/c1-10-15(11(2)23-20-10)17(22)21-7-5-13-14(6-8-21)18-9-19-16(13)12-3-4-12/h9,12H,3-8H2,1-2H3. The maximum atomic E-state index is 12.8. The van der Waals surface area contributed by atoms with Gasteiger partial charge in [-0.15, -0.1) is 0 Å². The summed E-state index contributed by atoms with van der Waals surface area (Å²) in [5, 5.41) is 3.90. The second-order valence-corrected chi connectivity index (χ2v) is 6.45. The zero-order chi connectivity index (χ0) is 16.0. The van der Waals surface area contributed by atoms with E-state index in [1.807, 2.05) is 11.8 Å². The molecule has 1 amide bonds. The first kappa shape index (κ1) is 14.4. The van der Waals surface area contributed by atoms with Crippen molar-refractivity contribution in [3.8, 4) is 0 Å². The van der Waals surface area contributed by atoms with Gasteiger partial charge in [0.25, 0.3) is 5.91 Å². The summed E-state index contributed by atoms with van der Waals surface area (Å²) in [6.45, 7) is 4.98. The summed E-state index contributed by atoms with van der Waals surface area (Å²) in [6.07, 6.45) is 5.75. The molecule has 4 rings (SSSR count). The number of aromatic nitrogens is 3. The molecule has 0 unspecified atom stereocenters. The first-order valence-corrected chi connectivity index (χ1v) is 8.20. The van der Waals surface area contributed by atoms with Crippen LogP contribution in [0.4, 0.5) is 0 Å². The number of carbonyl (C=O) groups is 1. The Bertz CT molecular complexity index is 744. The molecule has 0 atom stereocenters. The van der Waals surface area contributed by atoms with Gasteiger partial charge in [-0.1, -0.05) is 5.16 Å². The summed E-state index contributed by atoms with van der Waals surface area (Å²) in [6, 6.07) is 0. The Labute approximate surface area is 134 Å². The lowest BCUT2D eigenvalue weighted by Crippen LogP contribution is -2.33. The zero-order valence-electron chi connectivity index (χ0n) is 13.5. The van der Waals surface area contributed by atoms with Crippen molar-refractivity contribution in [3.63, 3.8) is 0 Å². The Morgan fingerprint density at radius 2 is 2.00 bits per heavy atom. The van der Waals surface area contributed by atoms with Crippen molar-refractivity contribution < 1.29 is 9.32 Å². The second-order valence-electron chi connectivity index (χ2n) is 6.45. The maximum Gasteiger partial charge on any atom is 0.259 e. The molecule has 120 valence electrons. The Hall–Kier alpha value is -2.24. The lowest BCUT2D eigenvalue weighted by molar-refractivity contribution is 0.0760. The van der Waals surface area contributed by atoms with Gasteiger partial charge in [-0.05, 0) is 38.7 Å². The number of amides is 1.